The van der Waals surface area contributed by atoms with Gasteiger partial charge in [-0.1, -0.05) is 101 Å². The van der Waals surface area contributed by atoms with Crippen molar-refractivity contribution in [3.63, 3.8) is 0 Å². The van der Waals surface area contributed by atoms with Gasteiger partial charge in [0.05, 0.1) is 5.69 Å². The highest BCUT2D eigenvalue weighted by Crippen LogP contribution is 2.45. The minimum atomic E-state index is -0.00307. The predicted molar refractivity (Wildman–Crippen MR) is 141 cm³/mol. The van der Waals surface area contributed by atoms with E-state index in [1.165, 1.54) is 22.2 Å². The van der Waals surface area contributed by atoms with Crippen LogP contribution in [0, 0.1) is 0 Å². The Morgan fingerprint density at radius 2 is 1.24 bits per heavy atom. The first-order chi connectivity index (χ1) is 15.9. The molecule has 1 aromatic heterocycles. The van der Waals surface area contributed by atoms with E-state index in [9.17, 15) is 0 Å². The van der Waals surface area contributed by atoms with Crippen molar-refractivity contribution in [2.24, 2.45) is 0 Å². The summed E-state index contributed by atoms with van der Waals surface area (Å²) in [4.78, 5) is 2.34. The molecule has 0 aliphatic rings. The summed E-state index contributed by atoms with van der Waals surface area (Å²) >= 11 is 0. The van der Waals surface area contributed by atoms with E-state index in [0.717, 1.165) is 27.9 Å². The van der Waals surface area contributed by atoms with Gasteiger partial charge in [0.15, 0.2) is 5.58 Å². The van der Waals surface area contributed by atoms with Crippen LogP contribution in [0.15, 0.2) is 95.4 Å². The Balaban J connectivity index is 1.85. The Bertz CT molecular complexity index is 1420. The normalized spacial score (nSPS) is 12.1. The van der Waals surface area contributed by atoms with Crippen LogP contribution in [0.4, 0.5) is 17.1 Å². The first-order valence-electron chi connectivity index (χ1n) is 11.7. The fraction of sp³-hybridized carbons (Fsp3) is 0.226. The number of anilines is 3. The monoisotopic (exact) mass is 433 g/mol. The highest BCUT2D eigenvalue weighted by atomic mass is 16.3. The molecule has 4 aromatic carbocycles. The molecular weight excluding hydrogens is 402 g/mol. The van der Waals surface area contributed by atoms with E-state index in [4.69, 9.17) is 4.42 Å². The lowest BCUT2D eigenvalue weighted by atomic mass is 9.86. The average Bonchev–Trinajstić information content (AvgIpc) is 3.19. The Morgan fingerprint density at radius 1 is 0.636 bits per heavy atom. The number of para-hydroxylation sites is 4. The van der Waals surface area contributed by atoms with Crippen LogP contribution >= 0.6 is 0 Å². The van der Waals surface area contributed by atoms with Crippen LogP contribution in [-0.2, 0) is 5.41 Å². The van der Waals surface area contributed by atoms with Gasteiger partial charge >= 0.3 is 0 Å². The minimum Gasteiger partial charge on any atom is -0.454 e. The largest absolute Gasteiger partial charge is 0.454 e. The van der Waals surface area contributed by atoms with Crippen molar-refractivity contribution in [1.82, 2.24) is 0 Å². The maximum Gasteiger partial charge on any atom is 0.159 e. The lowest BCUT2D eigenvalue weighted by Crippen LogP contribution is -2.13. The molecule has 1 heterocycles. The molecule has 0 radical (unpaired) electrons. The highest BCUT2D eigenvalue weighted by molar-refractivity contribution is 6.11. The van der Waals surface area contributed by atoms with Crippen LogP contribution in [0.1, 0.15) is 51.7 Å². The van der Waals surface area contributed by atoms with Crippen molar-refractivity contribution in [3.8, 4) is 0 Å². The van der Waals surface area contributed by atoms with Crippen molar-refractivity contribution < 1.29 is 4.42 Å². The molecule has 166 valence electrons. The number of furan rings is 1. The number of nitrogens with zero attached hydrogens (tertiary/aromatic N) is 1. The van der Waals surface area contributed by atoms with E-state index in [-0.39, 0.29) is 5.41 Å². The summed E-state index contributed by atoms with van der Waals surface area (Å²) in [5.74, 6) is 0.398. The zero-order valence-electron chi connectivity index (χ0n) is 20.1. The van der Waals surface area contributed by atoms with E-state index >= 15 is 0 Å². The van der Waals surface area contributed by atoms with Crippen LogP contribution in [-0.4, -0.2) is 0 Å². The summed E-state index contributed by atoms with van der Waals surface area (Å²) in [6.07, 6.45) is 0. The van der Waals surface area contributed by atoms with Crippen LogP contribution in [0.5, 0.6) is 0 Å². The summed E-state index contributed by atoms with van der Waals surface area (Å²) in [7, 11) is 0. The number of hydrogen-bond acceptors (Lipinski definition) is 2. The first-order valence-corrected chi connectivity index (χ1v) is 11.7. The molecular formula is C31H31NO. The molecule has 0 N–H and O–H groups in total. The third kappa shape index (κ3) is 3.70. The lowest BCUT2D eigenvalue weighted by molar-refractivity contribution is 0.573. The topological polar surface area (TPSA) is 16.4 Å². The molecule has 0 aliphatic carbocycles. The second kappa shape index (κ2) is 8.12. The quantitative estimate of drug-likeness (QED) is 0.280. The molecule has 0 aliphatic heterocycles. The third-order valence-electron chi connectivity index (χ3n) is 6.37. The van der Waals surface area contributed by atoms with E-state index in [2.05, 4.69) is 131 Å². The Morgan fingerprint density at radius 3 is 1.94 bits per heavy atom. The summed E-state index contributed by atoms with van der Waals surface area (Å²) in [5.41, 5.74) is 7.81. The molecule has 0 fully saturated rings. The molecule has 2 nitrogen and oxygen atoms in total. The Labute approximate surface area is 196 Å². The van der Waals surface area contributed by atoms with Crippen molar-refractivity contribution in [1.29, 1.82) is 0 Å². The van der Waals surface area contributed by atoms with Gasteiger partial charge in [0.25, 0.3) is 0 Å². The minimum absolute atomic E-state index is 0.00307. The second-order valence-electron chi connectivity index (χ2n) is 10.1. The SMILES string of the molecule is CC(C)c1ccccc1N(c1ccccc1)c1cccc2c1oc1c(C(C)(C)C)cccc12. The third-order valence-corrected chi connectivity index (χ3v) is 6.37. The van der Waals surface area contributed by atoms with Gasteiger partial charge in [-0.2, -0.15) is 0 Å². The second-order valence-corrected chi connectivity index (χ2v) is 10.1. The van der Waals surface area contributed by atoms with Crippen LogP contribution in [0.25, 0.3) is 21.9 Å². The van der Waals surface area contributed by atoms with Gasteiger partial charge in [0.1, 0.15) is 5.58 Å². The average molecular weight is 434 g/mol. The van der Waals surface area contributed by atoms with E-state index in [1.807, 2.05) is 0 Å². The van der Waals surface area contributed by atoms with E-state index in [0.29, 0.717) is 5.92 Å². The number of hydrogen-bond donors (Lipinski definition) is 0. The molecule has 5 aromatic rings. The van der Waals surface area contributed by atoms with Crippen LogP contribution in [0.3, 0.4) is 0 Å². The molecule has 0 saturated carbocycles. The van der Waals surface area contributed by atoms with Gasteiger partial charge in [-0.15, -0.1) is 0 Å². The number of rotatable bonds is 4. The lowest BCUT2D eigenvalue weighted by Gasteiger charge is -2.28. The molecule has 2 heteroatoms. The molecule has 0 spiro atoms. The summed E-state index contributed by atoms with van der Waals surface area (Å²) in [6.45, 7) is 11.2. The fourth-order valence-corrected chi connectivity index (χ4v) is 4.74. The fourth-order valence-electron chi connectivity index (χ4n) is 4.74. The maximum absolute atomic E-state index is 6.72. The highest BCUT2D eigenvalue weighted by Gasteiger charge is 2.24. The van der Waals surface area contributed by atoms with Gasteiger partial charge in [-0.05, 0) is 41.2 Å². The van der Waals surface area contributed by atoms with Gasteiger partial charge in [0, 0.05) is 27.7 Å². The summed E-state index contributed by atoms with van der Waals surface area (Å²) < 4.78 is 6.72. The van der Waals surface area contributed by atoms with Gasteiger partial charge in [-0.3, -0.25) is 0 Å². The molecule has 5 rings (SSSR count). The Hall–Kier alpha value is -3.52. The smallest absolute Gasteiger partial charge is 0.159 e. The zero-order valence-corrected chi connectivity index (χ0v) is 20.1. The number of benzene rings is 4. The molecule has 0 unspecified atom stereocenters. The molecule has 0 saturated heterocycles. The van der Waals surface area contributed by atoms with Crippen molar-refractivity contribution in [2.75, 3.05) is 4.90 Å². The summed E-state index contributed by atoms with van der Waals surface area (Å²) in [6, 6.07) is 32.3. The summed E-state index contributed by atoms with van der Waals surface area (Å²) in [5, 5.41) is 2.32. The van der Waals surface area contributed by atoms with Gasteiger partial charge < -0.3 is 9.32 Å². The maximum atomic E-state index is 6.72. The molecule has 0 amide bonds. The molecule has 33 heavy (non-hydrogen) atoms. The van der Waals surface area contributed by atoms with Crippen LogP contribution in [0.2, 0.25) is 0 Å². The zero-order chi connectivity index (χ0) is 23.2. The standard InChI is InChI=1S/C31H31NO/c1-21(2)23-15-9-10-19-27(23)32(22-13-7-6-8-14-22)28-20-12-17-25-24-16-11-18-26(31(3,4)5)29(24)33-30(25)28/h6-21H,1-5H3. The van der Waals surface area contributed by atoms with E-state index < -0.39 is 0 Å². The van der Waals surface area contributed by atoms with E-state index in [1.54, 1.807) is 0 Å². The molecule has 0 bridgehead atoms. The van der Waals surface area contributed by atoms with Crippen molar-refractivity contribution >= 4 is 39.0 Å². The van der Waals surface area contributed by atoms with Crippen LogP contribution < -0.4 is 4.90 Å². The van der Waals surface area contributed by atoms with Gasteiger partial charge in [-0.25, -0.2) is 0 Å². The molecule has 0 atom stereocenters. The number of fused-ring (bicyclic) bond motifs is 3. The Kier molecular flexibility index (Phi) is 5.25. The predicted octanol–water partition coefficient (Wildman–Crippen LogP) is 9.48. The van der Waals surface area contributed by atoms with Crippen molar-refractivity contribution in [2.45, 2.75) is 46.0 Å². The first kappa shape index (κ1) is 21.3. The van der Waals surface area contributed by atoms with Crippen molar-refractivity contribution in [3.05, 3.63) is 102 Å². The van der Waals surface area contributed by atoms with Gasteiger partial charge in [0.2, 0.25) is 0 Å².